The van der Waals surface area contributed by atoms with Crippen molar-refractivity contribution in [1.82, 2.24) is 15.3 Å². The summed E-state index contributed by atoms with van der Waals surface area (Å²) in [6, 6.07) is 6.88. The second kappa shape index (κ2) is 12.1. The van der Waals surface area contributed by atoms with Gasteiger partial charge in [0.2, 0.25) is 5.95 Å². The van der Waals surface area contributed by atoms with Crippen LogP contribution in [0.4, 0.5) is 23.1 Å². The average Bonchev–Trinajstić information content (AvgIpc) is 2.87. The largest absolute Gasteiger partial charge is 0.489 e. The number of nitrogens with one attached hydrogen (secondary N) is 3. The van der Waals surface area contributed by atoms with E-state index in [1.54, 1.807) is 38.1 Å². The van der Waals surface area contributed by atoms with Crippen molar-refractivity contribution in [2.45, 2.75) is 82.5 Å². The molecule has 0 spiro atoms. The van der Waals surface area contributed by atoms with E-state index in [1.165, 1.54) is 26.1 Å². The minimum Gasteiger partial charge on any atom is -0.489 e. The molecule has 1 aliphatic rings. The number of nitrogens with zero attached hydrogens (tertiary/aromatic N) is 2. The van der Waals surface area contributed by atoms with Gasteiger partial charge in [0, 0.05) is 11.5 Å². The van der Waals surface area contributed by atoms with Crippen molar-refractivity contribution in [3.05, 3.63) is 58.7 Å². The van der Waals surface area contributed by atoms with E-state index in [1.807, 2.05) is 13.8 Å². The Hall–Kier alpha value is -2.88. The van der Waals surface area contributed by atoms with E-state index in [9.17, 15) is 8.42 Å². The zero-order chi connectivity index (χ0) is 32.8. The maximum absolute atomic E-state index is 13.1. The highest BCUT2D eigenvalue weighted by Crippen LogP contribution is 2.38. The third kappa shape index (κ3) is 6.83. The lowest BCUT2D eigenvalue weighted by molar-refractivity contribution is 0.243. The van der Waals surface area contributed by atoms with Gasteiger partial charge < -0.3 is 20.7 Å². The molecule has 3 aromatic rings. The second-order valence-corrected chi connectivity index (χ2v) is 12.7. The minimum atomic E-state index is -4.03. The van der Waals surface area contributed by atoms with Crippen LogP contribution in [0.1, 0.15) is 71.4 Å². The minimum absolute atomic E-state index is 0.0595. The molecule has 0 aliphatic carbocycles. The second-order valence-electron chi connectivity index (χ2n) is 9.99. The van der Waals surface area contributed by atoms with Crippen molar-refractivity contribution in [2.24, 2.45) is 0 Å². The van der Waals surface area contributed by atoms with Crippen molar-refractivity contribution in [1.29, 1.82) is 0 Å². The molecule has 1 fully saturated rings. The predicted octanol–water partition coefficient (Wildman–Crippen LogP) is 6.75. The SMILES string of the molecule is [2H]c1c(C)c(C2CC([2H])([2H])NC([2H])(C)C2)cc(OC(C)C)c1Nc1ncc(Cl)c(Nc2ccccc2S(=O)(=O)C([2H])(C)C)n1. The van der Waals surface area contributed by atoms with Crippen molar-refractivity contribution < 1.29 is 20.0 Å². The van der Waals surface area contributed by atoms with Crippen LogP contribution in [0.3, 0.4) is 0 Å². The number of aromatic nitrogens is 2. The Morgan fingerprint density at radius 3 is 2.69 bits per heavy atom. The lowest BCUT2D eigenvalue weighted by Crippen LogP contribution is -2.35. The van der Waals surface area contributed by atoms with E-state index < -0.39 is 27.6 Å². The van der Waals surface area contributed by atoms with Crippen LogP contribution < -0.4 is 20.7 Å². The Labute approximate surface area is 243 Å². The summed E-state index contributed by atoms with van der Waals surface area (Å²) in [6.45, 7) is 7.96. The van der Waals surface area contributed by atoms with Gasteiger partial charge in [-0.2, -0.15) is 4.98 Å². The predicted molar refractivity (Wildman–Crippen MR) is 159 cm³/mol. The summed E-state index contributed by atoms with van der Waals surface area (Å²) in [6.07, 6.45) is 1.57. The van der Waals surface area contributed by atoms with Gasteiger partial charge in [-0.05, 0) is 102 Å². The first-order valence-corrected chi connectivity index (χ1v) is 14.6. The maximum Gasteiger partial charge on any atom is 0.229 e. The Morgan fingerprint density at radius 1 is 1.26 bits per heavy atom. The zero-order valence-corrected chi connectivity index (χ0v) is 24.5. The average molecular weight is 577 g/mol. The molecule has 2 unspecified atom stereocenters. The molecule has 0 bridgehead atoms. The number of para-hydroxylation sites is 1. The molecule has 2 heterocycles. The highest BCUT2D eigenvalue weighted by Gasteiger charge is 2.25. The maximum atomic E-state index is 13.1. The summed E-state index contributed by atoms with van der Waals surface area (Å²) in [5, 5.41) is 7.09. The van der Waals surface area contributed by atoms with Gasteiger partial charge in [0.15, 0.2) is 15.7 Å². The summed E-state index contributed by atoms with van der Waals surface area (Å²) in [7, 11) is -4.03. The smallest absolute Gasteiger partial charge is 0.229 e. The standard InChI is InChI=1S/C29H38ClN5O3S/c1-17(2)38-26-15-22(21-11-12-31-20(6)14-21)19(5)13-25(26)34-29-32-16-23(30)28(35-29)33-24-9-7-8-10-27(24)39(36,37)18(3)4/h7-10,13,15-18,20-21,31H,11-12,14H2,1-6H3,(H2,32,33,34,35)/i12D2,13D,18D,20D. The molecule has 39 heavy (non-hydrogen) atoms. The molecule has 1 aromatic heterocycles. The third-order valence-corrected chi connectivity index (χ3v) is 8.52. The normalized spacial score (nSPS) is 23.2. The molecule has 8 nitrogen and oxygen atoms in total. The van der Waals surface area contributed by atoms with Gasteiger partial charge >= 0.3 is 0 Å². The molecule has 0 radical (unpaired) electrons. The molecule has 2 aromatic carbocycles. The molecule has 0 amide bonds. The number of hydrogen-bond donors (Lipinski definition) is 3. The van der Waals surface area contributed by atoms with Gasteiger partial charge in [0.05, 0.1) is 35.2 Å². The number of anilines is 4. The molecule has 3 N–H and O–H groups in total. The van der Waals surface area contributed by atoms with E-state index in [0.717, 1.165) is 5.56 Å². The van der Waals surface area contributed by atoms with Crippen molar-refractivity contribution in [3.63, 3.8) is 0 Å². The summed E-state index contributed by atoms with van der Waals surface area (Å²) in [4.78, 5) is 8.64. The lowest BCUT2D eigenvalue weighted by Gasteiger charge is -2.30. The summed E-state index contributed by atoms with van der Waals surface area (Å²) in [5.41, 5.74) is 1.81. The number of benzene rings is 2. The van der Waals surface area contributed by atoms with E-state index in [0.29, 0.717) is 17.7 Å². The first kappa shape index (κ1) is 22.9. The quantitative estimate of drug-likeness (QED) is 0.257. The Bertz CT molecular complexity index is 1650. The summed E-state index contributed by atoms with van der Waals surface area (Å²) < 4.78 is 74.6. The molecule has 0 saturated carbocycles. The van der Waals surface area contributed by atoms with Gasteiger partial charge in [-0.3, -0.25) is 0 Å². The monoisotopic (exact) mass is 576 g/mol. The van der Waals surface area contributed by atoms with Crippen LogP contribution in [-0.4, -0.2) is 42.2 Å². The van der Waals surface area contributed by atoms with Crippen LogP contribution >= 0.6 is 11.6 Å². The van der Waals surface area contributed by atoms with Crippen LogP contribution in [0.25, 0.3) is 0 Å². The molecule has 4 rings (SSSR count). The van der Waals surface area contributed by atoms with E-state index >= 15 is 0 Å². The fourth-order valence-electron chi connectivity index (χ4n) is 4.32. The van der Waals surface area contributed by atoms with Crippen LogP contribution in [0, 0.1) is 6.92 Å². The number of piperidine rings is 1. The highest BCUT2D eigenvalue weighted by atomic mass is 35.5. The Morgan fingerprint density at radius 2 is 2.00 bits per heavy atom. The molecule has 2 atom stereocenters. The van der Waals surface area contributed by atoms with Crippen LogP contribution in [0.5, 0.6) is 5.75 Å². The first-order chi connectivity index (χ1) is 20.2. The van der Waals surface area contributed by atoms with Crippen molar-refractivity contribution >= 4 is 44.6 Å². The Balaban J connectivity index is 1.73. The van der Waals surface area contributed by atoms with Gasteiger partial charge in [-0.25, -0.2) is 13.4 Å². The van der Waals surface area contributed by atoms with E-state index in [2.05, 4.69) is 25.9 Å². The fourth-order valence-corrected chi connectivity index (χ4v) is 5.57. The number of rotatable bonds is 9. The van der Waals surface area contributed by atoms with E-state index in [4.69, 9.17) is 23.2 Å². The summed E-state index contributed by atoms with van der Waals surface area (Å²) in [5.74, 6) is 0.185. The number of ether oxygens (including phenoxy) is 1. The Kier molecular flexibility index (Phi) is 7.10. The third-order valence-electron chi connectivity index (χ3n) is 6.23. The van der Waals surface area contributed by atoms with Crippen molar-refractivity contribution in [2.75, 3.05) is 17.1 Å². The van der Waals surface area contributed by atoms with Gasteiger partial charge in [0.1, 0.15) is 10.8 Å². The van der Waals surface area contributed by atoms with Crippen LogP contribution in [-0.2, 0) is 9.84 Å². The number of sulfone groups is 1. The molecular formula is C29H38ClN5O3S. The van der Waals surface area contributed by atoms with Gasteiger partial charge in [0.25, 0.3) is 0 Å². The molecule has 1 aliphatic heterocycles. The van der Waals surface area contributed by atoms with Crippen molar-refractivity contribution in [3.8, 4) is 5.75 Å². The molecule has 210 valence electrons. The highest BCUT2D eigenvalue weighted by molar-refractivity contribution is 7.92. The van der Waals surface area contributed by atoms with Crippen LogP contribution in [0.15, 0.2) is 47.5 Å². The van der Waals surface area contributed by atoms with E-state index in [-0.39, 0.29) is 57.5 Å². The van der Waals surface area contributed by atoms with Gasteiger partial charge in [-0.15, -0.1) is 0 Å². The molecular weight excluding hydrogens is 534 g/mol. The van der Waals surface area contributed by atoms with Gasteiger partial charge in [-0.1, -0.05) is 23.7 Å². The molecule has 1 saturated heterocycles. The van der Waals surface area contributed by atoms with Crippen LogP contribution in [0.2, 0.25) is 5.02 Å². The zero-order valence-electron chi connectivity index (χ0n) is 27.9. The molecule has 10 heteroatoms. The fraction of sp³-hybridized carbons (Fsp3) is 0.448. The number of hydrogen-bond acceptors (Lipinski definition) is 8. The first-order valence-electron chi connectivity index (χ1n) is 15.2. The number of halogens is 1. The lowest BCUT2D eigenvalue weighted by atomic mass is 9.84. The summed E-state index contributed by atoms with van der Waals surface area (Å²) >= 11 is 6.40. The topological polar surface area (TPSA) is 105 Å².